The Morgan fingerprint density at radius 3 is 2.33 bits per heavy atom. The van der Waals surface area contributed by atoms with E-state index in [1.165, 1.54) is 18.1 Å². The second-order valence-electron chi connectivity index (χ2n) is 7.55. The lowest BCUT2D eigenvalue weighted by Gasteiger charge is -2.34. The van der Waals surface area contributed by atoms with Gasteiger partial charge in [-0.05, 0) is 36.9 Å². The average molecular weight is 408 g/mol. The molecule has 4 rings (SSSR count). The van der Waals surface area contributed by atoms with Crippen molar-refractivity contribution in [2.24, 2.45) is 0 Å². The Hall–Kier alpha value is -3.39. The van der Waals surface area contributed by atoms with Crippen molar-refractivity contribution in [2.45, 2.75) is 13.5 Å². The molecule has 30 heavy (non-hydrogen) atoms. The van der Waals surface area contributed by atoms with Gasteiger partial charge in [0.2, 0.25) is 5.91 Å². The highest BCUT2D eigenvalue weighted by Gasteiger charge is 2.42. The van der Waals surface area contributed by atoms with Crippen LogP contribution in [0, 0.1) is 0 Å². The maximum atomic E-state index is 13.3. The summed E-state index contributed by atoms with van der Waals surface area (Å²) in [5, 5.41) is 2.71. The van der Waals surface area contributed by atoms with E-state index in [1.54, 1.807) is 36.4 Å². The van der Waals surface area contributed by atoms with Crippen LogP contribution in [0.5, 0.6) is 0 Å². The first-order chi connectivity index (χ1) is 14.4. The number of nitrogens with one attached hydrogen (secondary N) is 1. The van der Waals surface area contributed by atoms with E-state index in [1.807, 2.05) is 11.9 Å². The summed E-state index contributed by atoms with van der Waals surface area (Å²) in [6.07, 6.45) is 1.52. The number of carbonyl (C=O) groups excluding carboxylic acids is 3. The van der Waals surface area contributed by atoms with Crippen LogP contribution in [-0.4, -0.2) is 65.6 Å². The number of piperazine rings is 1. The summed E-state index contributed by atoms with van der Waals surface area (Å²) in [6, 6.07) is 10.5. The highest BCUT2D eigenvalue weighted by molar-refractivity contribution is 6.35. The zero-order valence-electron chi connectivity index (χ0n) is 17.1. The Kier molecular flexibility index (Phi) is 5.41. The van der Waals surface area contributed by atoms with Crippen LogP contribution in [0.25, 0.3) is 5.57 Å². The minimum absolute atomic E-state index is 0.0926. The van der Waals surface area contributed by atoms with Crippen LogP contribution < -0.4 is 5.32 Å². The first kappa shape index (κ1) is 19.9. The molecule has 0 atom stereocenters. The minimum Gasteiger partial charge on any atom is -0.467 e. The molecule has 1 aromatic heterocycles. The number of nitrogens with zero attached hydrogens (tertiary/aromatic N) is 3. The number of likely N-dealkylation sites (N-methyl/N-ethyl adjacent to an activating group) is 1. The third-order valence-electron chi connectivity index (χ3n) is 5.35. The lowest BCUT2D eigenvalue weighted by Crippen LogP contribution is -2.45. The Labute approximate surface area is 174 Å². The molecular formula is C22H24N4O4. The molecule has 2 aromatic rings. The molecule has 1 aromatic carbocycles. The summed E-state index contributed by atoms with van der Waals surface area (Å²) in [4.78, 5) is 43.4. The standard InChI is InChI=1S/C22H24N4O4/c1-15(27)23-17-7-5-16(6-8-17)19-20(25-11-9-24(2)10-12-25)22(29)26(21(19)28)14-18-4-3-13-30-18/h3-8,13H,9-12,14H2,1-2H3,(H,23,27). The van der Waals surface area contributed by atoms with Crippen molar-refractivity contribution in [2.75, 3.05) is 38.5 Å². The Morgan fingerprint density at radius 2 is 1.73 bits per heavy atom. The van der Waals surface area contributed by atoms with Crippen LogP contribution >= 0.6 is 0 Å². The van der Waals surface area contributed by atoms with Crippen LogP contribution in [0.3, 0.4) is 0 Å². The normalized spacial score (nSPS) is 17.8. The molecule has 3 amide bonds. The molecule has 1 saturated heterocycles. The van der Waals surface area contributed by atoms with E-state index in [-0.39, 0.29) is 24.3 Å². The van der Waals surface area contributed by atoms with Crippen LogP contribution in [0.4, 0.5) is 5.69 Å². The fourth-order valence-electron chi connectivity index (χ4n) is 3.77. The molecule has 1 N–H and O–H groups in total. The van der Waals surface area contributed by atoms with Gasteiger partial charge < -0.3 is 19.5 Å². The van der Waals surface area contributed by atoms with Gasteiger partial charge in [0.15, 0.2) is 0 Å². The van der Waals surface area contributed by atoms with E-state index in [0.717, 1.165) is 13.1 Å². The highest BCUT2D eigenvalue weighted by atomic mass is 16.3. The minimum atomic E-state index is -0.336. The maximum Gasteiger partial charge on any atom is 0.278 e. The van der Waals surface area contributed by atoms with E-state index in [0.29, 0.717) is 41.4 Å². The smallest absolute Gasteiger partial charge is 0.278 e. The first-order valence-corrected chi connectivity index (χ1v) is 9.88. The van der Waals surface area contributed by atoms with E-state index < -0.39 is 0 Å². The summed E-state index contributed by atoms with van der Waals surface area (Å²) < 4.78 is 5.36. The van der Waals surface area contributed by atoms with E-state index in [4.69, 9.17) is 4.42 Å². The quantitative estimate of drug-likeness (QED) is 0.759. The number of hydrogen-bond donors (Lipinski definition) is 1. The van der Waals surface area contributed by atoms with Crippen molar-refractivity contribution in [3.63, 3.8) is 0 Å². The van der Waals surface area contributed by atoms with Crippen molar-refractivity contribution < 1.29 is 18.8 Å². The third-order valence-corrected chi connectivity index (χ3v) is 5.35. The van der Waals surface area contributed by atoms with Crippen molar-refractivity contribution in [3.8, 4) is 0 Å². The molecule has 8 nitrogen and oxygen atoms in total. The van der Waals surface area contributed by atoms with Crippen LogP contribution in [0.1, 0.15) is 18.2 Å². The Balaban J connectivity index is 1.70. The molecule has 0 radical (unpaired) electrons. The SMILES string of the molecule is CC(=O)Nc1ccc(C2=C(N3CCN(C)CC3)C(=O)N(Cc3ccco3)C2=O)cc1. The molecular weight excluding hydrogens is 384 g/mol. The second kappa shape index (κ2) is 8.16. The highest BCUT2D eigenvalue weighted by Crippen LogP contribution is 2.33. The molecule has 2 aliphatic heterocycles. The molecule has 0 aliphatic carbocycles. The number of anilines is 1. The number of imide groups is 1. The van der Waals surface area contributed by atoms with Crippen molar-refractivity contribution >= 4 is 29.0 Å². The van der Waals surface area contributed by atoms with Crippen molar-refractivity contribution in [3.05, 3.63) is 59.7 Å². The zero-order chi connectivity index (χ0) is 21.3. The van der Waals surface area contributed by atoms with Gasteiger partial charge in [-0.15, -0.1) is 0 Å². The van der Waals surface area contributed by atoms with E-state index >= 15 is 0 Å². The number of benzene rings is 1. The molecule has 0 saturated carbocycles. The van der Waals surface area contributed by atoms with Gasteiger partial charge in [-0.25, -0.2) is 0 Å². The molecule has 156 valence electrons. The van der Waals surface area contributed by atoms with Crippen LogP contribution in [0.2, 0.25) is 0 Å². The molecule has 8 heteroatoms. The summed E-state index contributed by atoms with van der Waals surface area (Å²) in [6.45, 7) is 4.51. The van der Waals surface area contributed by atoms with Gasteiger partial charge in [0, 0.05) is 38.8 Å². The zero-order valence-corrected chi connectivity index (χ0v) is 17.1. The van der Waals surface area contributed by atoms with Crippen LogP contribution in [0.15, 0.2) is 52.8 Å². The largest absolute Gasteiger partial charge is 0.467 e. The maximum absolute atomic E-state index is 13.3. The molecule has 3 heterocycles. The fraction of sp³-hybridized carbons (Fsp3) is 0.318. The second-order valence-corrected chi connectivity index (χ2v) is 7.55. The van der Waals surface area contributed by atoms with Crippen molar-refractivity contribution in [1.29, 1.82) is 0 Å². The summed E-state index contributed by atoms with van der Waals surface area (Å²) in [5.41, 5.74) is 2.12. The average Bonchev–Trinajstić information content (AvgIpc) is 3.31. The molecule has 2 aliphatic rings. The Bertz CT molecular complexity index is 987. The summed E-state index contributed by atoms with van der Waals surface area (Å²) in [7, 11) is 2.04. The predicted octanol–water partition coefficient (Wildman–Crippen LogP) is 1.77. The van der Waals surface area contributed by atoms with Gasteiger partial charge in [0.1, 0.15) is 11.5 Å². The van der Waals surface area contributed by atoms with E-state index in [9.17, 15) is 14.4 Å². The monoisotopic (exact) mass is 408 g/mol. The topological polar surface area (TPSA) is 86.1 Å². The number of furan rings is 1. The van der Waals surface area contributed by atoms with Crippen molar-refractivity contribution in [1.82, 2.24) is 14.7 Å². The van der Waals surface area contributed by atoms with Gasteiger partial charge in [0.05, 0.1) is 18.4 Å². The van der Waals surface area contributed by atoms with E-state index in [2.05, 4.69) is 10.2 Å². The lowest BCUT2D eigenvalue weighted by atomic mass is 10.0. The van der Waals surface area contributed by atoms with Gasteiger partial charge in [-0.1, -0.05) is 12.1 Å². The molecule has 0 bridgehead atoms. The van der Waals surface area contributed by atoms with Gasteiger partial charge >= 0.3 is 0 Å². The third kappa shape index (κ3) is 3.86. The number of hydrogen-bond acceptors (Lipinski definition) is 6. The number of carbonyl (C=O) groups is 3. The number of rotatable bonds is 5. The van der Waals surface area contributed by atoms with Crippen LogP contribution in [-0.2, 0) is 20.9 Å². The number of amides is 3. The first-order valence-electron chi connectivity index (χ1n) is 9.88. The molecule has 1 fully saturated rings. The molecule has 0 unspecified atom stereocenters. The lowest BCUT2D eigenvalue weighted by molar-refractivity contribution is -0.138. The van der Waals surface area contributed by atoms with Gasteiger partial charge in [-0.3, -0.25) is 19.3 Å². The summed E-state index contributed by atoms with van der Waals surface area (Å²) >= 11 is 0. The van der Waals surface area contributed by atoms with Gasteiger partial charge in [0.25, 0.3) is 11.8 Å². The summed E-state index contributed by atoms with van der Waals surface area (Å²) in [5.74, 6) is -0.256. The Morgan fingerprint density at radius 1 is 1.03 bits per heavy atom. The fourth-order valence-corrected chi connectivity index (χ4v) is 3.77. The predicted molar refractivity (Wildman–Crippen MR) is 111 cm³/mol. The van der Waals surface area contributed by atoms with Gasteiger partial charge in [-0.2, -0.15) is 0 Å². The molecule has 0 spiro atoms.